The van der Waals surface area contributed by atoms with Gasteiger partial charge in [-0.25, -0.2) is 13.1 Å². The zero-order valence-corrected chi connectivity index (χ0v) is 9.54. The number of halogens is 1. The van der Waals surface area contributed by atoms with E-state index in [1.807, 2.05) is 0 Å². The molecule has 0 radical (unpaired) electrons. The summed E-state index contributed by atoms with van der Waals surface area (Å²) >= 11 is 0. The highest BCUT2D eigenvalue weighted by Gasteiger charge is 2.24. The molecule has 0 spiro atoms. The van der Waals surface area contributed by atoms with Gasteiger partial charge in [0.2, 0.25) is 0 Å². The minimum absolute atomic E-state index is 0.00364. The van der Waals surface area contributed by atoms with Gasteiger partial charge in [-0.15, -0.1) is 0 Å². The molecule has 1 unspecified atom stereocenters. The normalized spacial score (nSPS) is 22.9. The molecule has 0 aliphatic carbocycles. The van der Waals surface area contributed by atoms with Crippen LogP contribution in [0.4, 0.5) is 0 Å². The topological polar surface area (TPSA) is 61.2 Å². The lowest BCUT2D eigenvalue weighted by Crippen LogP contribution is -2.21. The zero-order chi connectivity index (χ0) is 10.9. The molecule has 2 rings (SSSR count). The minimum atomic E-state index is -3.75. The molecule has 0 aromatic carbocycles. The van der Waals surface area contributed by atoms with Crippen LogP contribution in [0.3, 0.4) is 0 Å². The minimum Gasteiger partial charge on any atom is -0.356 e. The maximum absolute atomic E-state index is 11.2. The molecule has 1 aromatic rings. The van der Waals surface area contributed by atoms with Crippen molar-refractivity contribution in [2.45, 2.75) is 30.5 Å². The molecule has 1 atom stereocenters. The molecule has 0 saturated carbocycles. The molecule has 84 valence electrons. The summed E-state index contributed by atoms with van der Waals surface area (Å²) in [5.41, 5.74) is 0. The summed E-state index contributed by atoms with van der Waals surface area (Å²) < 4.78 is 29.2. The Labute approximate surface area is 92.4 Å². The van der Waals surface area contributed by atoms with E-state index in [1.54, 1.807) is 0 Å². The van der Waals surface area contributed by atoms with Crippen molar-refractivity contribution < 1.29 is 13.2 Å². The van der Waals surface area contributed by atoms with Crippen LogP contribution in [0, 0.1) is 0 Å². The molecule has 7 heteroatoms. The van der Waals surface area contributed by atoms with Gasteiger partial charge >= 0.3 is 0 Å². The number of hydrogen-bond acceptors (Lipinski definition) is 4. The van der Waals surface area contributed by atoms with Crippen LogP contribution >= 0.6 is 10.7 Å². The highest BCUT2D eigenvalue weighted by molar-refractivity contribution is 8.13. The number of hydrogen-bond donors (Lipinski definition) is 0. The van der Waals surface area contributed by atoms with Crippen molar-refractivity contribution in [3.05, 3.63) is 12.3 Å². The third-order valence-electron chi connectivity index (χ3n) is 2.31. The molecule has 1 saturated heterocycles. The van der Waals surface area contributed by atoms with Gasteiger partial charge < -0.3 is 4.74 Å². The van der Waals surface area contributed by atoms with Crippen LogP contribution in [0.5, 0.6) is 0 Å². The fourth-order valence-electron chi connectivity index (χ4n) is 1.63. The summed E-state index contributed by atoms with van der Waals surface area (Å²) in [6, 6.07) is 1.38. The lowest BCUT2D eigenvalue weighted by Gasteiger charge is -2.23. The Morgan fingerprint density at radius 2 is 2.33 bits per heavy atom. The summed E-state index contributed by atoms with van der Waals surface area (Å²) in [7, 11) is 1.53. The second kappa shape index (κ2) is 4.11. The maximum Gasteiger partial charge on any atom is 0.278 e. The van der Waals surface area contributed by atoms with Gasteiger partial charge in [-0.1, -0.05) is 0 Å². The summed E-state index contributed by atoms with van der Waals surface area (Å²) in [5, 5.41) is 3.93. The molecule has 5 nitrogen and oxygen atoms in total. The molecule has 1 fully saturated rings. The molecule has 1 aliphatic heterocycles. The van der Waals surface area contributed by atoms with E-state index in [9.17, 15) is 8.42 Å². The molecule has 1 aliphatic rings. The van der Waals surface area contributed by atoms with E-state index in [4.69, 9.17) is 15.4 Å². The van der Waals surface area contributed by atoms with E-state index in [0.29, 0.717) is 6.61 Å². The maximum atomic E-state index is 11.2. The second-order valence-corrected chi connectivity index (χ2v) is 5.89. The first-order valence-electron chi connectivity index (χ1n) is 4.69. The number of ether oxygens (including phenoxy) is 1. The standard InChI is InChI=1S/C8H11ClN2O3S/c9-15(12,13)8-4-5-10-11(8)7-3-1-2-6-14-7/h4-5,7H,1-3,6H2. The third-order valence-corrected chi connectivity index (χ3v) is 3.61. The number of nitrogens with zero attached hydrogens (tertiary/aromatic N) is 2. The van der Waals surface area contributed by atoms with Crippen LogP contribution in [0.1, 0.15) is 25.5 Å². The van der Waals surface area contributed by atoms with Crippen molar-refractivity contribution >= 4 is 19.7 Å². The van der Waals surface area contributed by atoms with Gasteiger partial charge in [0.05, 0.1) is 6.20 Å². The van der Waals surface area contributed by atoms with Gasteiger partial charge in [-0.2, -0.15) is 5.10 Å². The Morgan fingerprint density at radius 3 is 2.93 bits per heavy atom. The summed E-state index contributed by atoms with van der Waals surface area (Å²) in [6.45, 7) is 0.631. The Hall–Kier alpha value is -0.590. The van der Waals surface area contributed by atoms with Crippen LogP contribution in [-0.2, 0) is 13.8 Å². The molecule has 0 N–H and O–H groups in total. The van der Waals surface area contributed by atoms with Crippen LogP contribution in [0.2, 0.25) is 0 Å². The molecular formula is C8H11ClN2O3S. The Bertz CT molecular complexity index is 436. The Kier molecular flexibility index (Phi) is 2.99. The van der Waals surface area contributed by atoms with Crippen LogP contribution in [0.25, 0.3) is 0 Å². The van der Waals surface area contributed by atoms with E-state index in [-0.39, 0.29) is 11.3 Å². The largest absolute Gasteiger partial charge is 0.356 e. The van der Waals surface area contributed by atoms with Crippen LogP contribution in [0.15, 0.2) is 17.3 Å². The lowest BCUT2D eigenvalue weighted by atomic mass is 10.2. The monoisotopic (exact) mass is 250 g/mol. The first kappa shape index (κ1) is 10.9. The Morgan fingerprint density at radius 1 is 1.53 bits per heavy atom. The van der Waals surface area contributed by atoms with E-state index in [2.05, 4.69) is 5.10 Å². The van der Waals surface area contributed by atoms with Gasteiger partial charge in [0.15, 0.2) is 11.3 Å². The predicted octanol–water partition coefficient (Wildman–Crippen LogP) is 1.51. The number of rotatable bonds is 2. The number of aromatic nitrogens is 2. The SMILES string of the molecule is O=S(=O)(Cl)c1ccnn1C1CCCCO1. The average molecular weight is 251 g/mol. The predicted molar refractivity (Wildman–Crippen MR) is 54.1 cm³/mol. The fraction of sp³-hybridized carbons (Fsp3) is 0.625. The fourth-order valence-corrected chi connectivity index (χ4v) is 2.61. The van der Waals surface area contributed by atoms with E-state index in [1.165, 1.54) is 16.9 Å². The summed E-state index contributed by atoms with van der Waals surface area (Å²) in [4.78, 5) is 0. The average Bonchev–Trinajstić information content (AvgIpc) is 2.67. The van der Waals surface area contributed by atoms with E-state index in [0.717, 1.165) is 19.3 Å². The lowest BCUT2D eigenvalue weighted by molar-refractivity contribution is -0.0448. The van der Waals surface area contributed by atoms with Crippen molar-refractivity contribution in [3.63, 3.8) is 0 Å². The van der Waals surface area contributed by atoms with Crippen molar-refractivity contribution in [1.29, 1.82) is 0 Å². The van der Waals surface area contributed by atoms with Gasteiger partial charge in [-0.3, -0.25) is 0 Å². The second-order valence-electron chi connectivity index (χ2n) is 3.37. The third kappa shape index (κ3) is 2.32. The van der Waals surface area contributed by atoms with Crippen LogP contribution < -0.4 is 0 Å². The quantitative estimate of drug-likeness (QED) is 0.747. The highest BCUT2D eigenvalue weighted by atomic mass is 35.7. The van der Waals surface area contributed by atoms with Crippen molar-refractivity contribution in [2.75, 3.05) is 6.61 Å². The summed E-state index contributed by atoms with van der Waals surface area (Å²) in [5.74, 6) is 0. The molecular weight excluding hydrogens is 240 g/mol. The molecule has 0 bridgehead atoms. The van der Waals surface area contributed by atoms with Gasteiger partial charge in [0, 0.05) is 17.3 Å². The molecule has 0 amide bonds. The summed E-state index contributed by atoms with van der Waals surface area (Å²) in [6.07, 6.45) is 3.87. The molecule has 2 heterocycles. The van der Waals surface area contributed by atoms with Crippen molar-refractivity contribution in [3.8, 4) is 0 Å². The first-order valence-corrected chi connectivity index (χ1v) is 7.00. The van der Waals surface area contributed by atoms with Crippen LogP contribution in [-0.4, -0.2) is 24.8 Å². The first-order chi connectivity index (χ1) is 7.09. The zero-order valence-electron chi connectivity index (χ0n) is 7.97. The van der Waals surface area contributed by atoms with E-state index < -0.39 is 9.05 Å². The van der Waals surface area contributed by atoms with E-state index >= 15 is 0 Å². The van der Waals surface area contributed by atoms with Crippen molar-refractivity contribution in [1.82, 2.24) is 9.78 Å². The smallest absolute Gasteiger partial charge is 0.278 e. The van der Waals surface area contributed by atoms with Crippen molar-refractivity contribution in [2.24, 2.45) is 0 Å². The van der Waals surface area contributed by atoms with Gasteiger partial charge in [0.1, 0.15) is 0 Å². The molecule has 15 heavy (non-hydrogen) atoms. The van der Waals surface area contributed by atoms with Gasteiger partial charge in [0.25, 0.3) is 9.05 Å². The van der Waals surface area contributed by atoms with Gasteiger partial charge in [-0.05, 0) is 25.3 Å². The highest BCUT2D eigenvalue weighted by Crippen LogP contribution is 2.26. The Balaban J connectivity index is 2.32. The molecule has 1 aromatic heterocycles.